The van der Waals surface area contributed by atoms with Gasteiger partial charge in [-0.25, -0.2) is 9.59 Å². The van der Waals surface area contributed by atoms with Crippen LogP contribution in [0.1, 0.15) is 44.7 Å². The first-order chi connectivity index (χ1) is 20.1. The van der Waals surface area contributed by atoms with Gasteiger partial charge in [0.05, 0.1) is 0 Å². The summed E-state index contributed by atoms with van der Waals surface area (Å²) in [6, 6.07) is 10.6. The number of amides is 3. The molecule has 4 rings (SSSR count). The van der Waals surface area contributed by atoms with Crippen LogP contribution in [0.2, 0.25) is 0 Å². The summed E-state index contributed by atoms with van der Waals surface area (Å²) in [5.41, 5.74) is -1.43. The van der Waals surface area contributed by atoms with Gasteiger partial charge in [-0.15, -0.1) is 0 Å². The van der Waals surface area contributed by atoms with Crippen LogP contribution in [0.5, 0.6) is 5.75 Å². The third kappa shape index (κ3) is 6.68. The minimum atomic E-state index is -2.40. The average molecular weight is 704 g/mol. The molecule has 0 spiro atoms. The Morgan fingerprint density at radius 1 is 1.09 bits per heavy atom. The maximum Gasteiger partial charge on any atom is 0.360 e. The summed E-state index contributed by atoms with van der Waals surface area (Å²) in [6.45, 7) is 5.91. The van der Waals surface area contributed by atoms with E-state index in [1.807, 2.05) is 45.0 Å². The number of aliphatic carboxylic acids is 2. The lowest BCUT2D eigenvalue weighted by atomic mass is 9.85. The number of nitrogens with one attached hydrogen (secondary N) is 1. The quantitative estimate of drug-likeness (QED) is 0.215. The molecule has 0 bridgehead atoms. The number of rotatable bonds is 8. The van der Waals surface area contributed by atoms with Crippen LogP contribution in [0, 0.1) is 8.99 Å². The molecule has 1 fully saturated rings. The molecule has 2 atom stereocenters. The number of hydrogen-bond acceptors (Lipinski definition) is 6. The number of halogens is 1. The molecule has 0 radical (unpaired) electrons. The zero-order chi connectivity index (χ0) is 31.7. The number of carbonyl (C=O) groups is 5. The predicted molar refractivity (Wildman–Crippen MR) is 167 cm³/mol. The molecule has 3 N–H and O–H groups in total. The molecule has 2 aromatic carbocycles. The topological polar surface area (TPSA) is 154 Å². The lowest BCUT2D eigenvalue weighted by Crippen LogP contribution is -2.57. The number of nitrogens with zero attached hydrogens (tertiary/aromatic N) is 2. The second kappa shape index (κ2) is 12.3. The van der Waals surface area contributed by atoms with E-state index in [4.69, 9.17) is 4.74 Å². The molecule has 0 aliphatic carbocycles. The monoisotopic (exact) mass is 703 g/mol. The van der Waals surface area contributed by atoms with Gasteiger partial charge in [-0.2, -0.15) is 0 Å². The van der Waals surface area contributed by atoms with Gasteiger partial charge in [0, 0.05) is 40.9 Å². The minimum Gasteiger partial charge on any atom is -0.478 e. The SMILES string of the molecule is CN(C(=O)[C@@H]1CCCN1C(=O)[C@@H](NC(=O)/C=C/c1ccc2c(c1)CC(C(=O)O)(C(=O)O)O2)C(C)(C)C)c1ccc(I)cc1. The molecule has 2 heterocycles. The van der Waals surface area contributed by atoms with Crippen LogP contribution in [0.4, 0.5) is 5.69 Å². The van der Waals surface area contributed by atoms with Gasteiger partial charge < -0.3 is 30.1 Å². The fourth-order valence-electron chi connectivity index (χ4n) is 5.24. The van der Waals surface area contributed by atoms with Crippen molar-refractivity contribution in [1.29, 1.82) is 0 Å². The van der Waals surface area contributed by atoms with Crippen LogP contribution < -0.4 is 15.0 Å². The van der Waals surface area contributed by atoms with Gasteiger partial charge in [-0.05, 0) is 88.9 Å². The summed E-state index contributed by atoms with van der Waals surface area (Å²) in [5.74, 6) is -4.13. The van der Waals surface area contributed by atoms with Gasteiger partial charge in [-0.1, -0.05) is 26.8 Å². The second-order valence-electron chi connectivity index (χ2n) is 11.8. The number of hydrogen-bond donors (Lipinski definition) is 3. The van der Waals surface area contributed by atoms with E-state index >= 15 is 0 Å². The predicted octanol–water partition coefficient (Wildman–Crippen LogP) is 3.33. The summed E-state index contributed by atoms with van der Waals surface area (Å²) in [4.78, 5) is 66.6. The Morgan fingerprint density at radius 2 is 1.74 bits per heavy atom. The molecule has 11 nitrogen and oxygen atoms in total. The third-order valence-corrected chi connectivity index (χ3v) is 8.41. The molecule has 12 heteroatoms. The molecule has 3 amide bonds. The molecule has 1 saturated heterocycles. The van der Waals surface area contributed by atoms with Crippen molar-refractivity contribution in [3.63, 3.8) is 0 Å². The molecular formula is C31H34IN3O8. The highest BCUT2D eigenvalue weighted by Gasteiger charge is 2.54. The highest BCUT2D eigenvalue weighted by Crippen LogP contribution is 2.36. The molecular weight excluding hydrogens is 669 g/mol. The number of carboxylic acids is 2. The number of carbonyl (C=O) groups excluding carboxylic acids is 3. The van der Waals surface area contributed by atoms with E-state index in [1.165, 1.54) is 18.2 Å². The standard InChI is InChI=1S/C31H34IN3O8/c1-30(2,3)25(27(38)35-15-5-6-22(35)26(37)34(4)21-11-9-20(32)10-12-21)33-24(36)14-8-18-7-13-23-19(16-18)17-31(43-23,28(39)40)29(41)42/h7-14,16,22,25H,5-6,15,17H2,1-4H3,(H,33,36)(H,39,40)(H,41,42)/b14-8+/t22-,25+/m0/s1. The largest absolute Gasteiger partial charge is 0.478 e. The maximum absolute atomic E-state index is 13.8. The number of fused-ring (bicyclic) bond motifs is 1. The zero-order valence-corrected chi connectivity index (χ0v) is 26.5. The number of likely N-dealkylation sites (N-methyl/N-ethyl adjacent to an activating group) is 1. The molecule has 2 aliphatic rings. The molecule has 0 aromatic heterocycles. The first-order valence-corrected chi connectivity index (χ1v) is 14.8. The second-order valence-corrected chi connectivity index (χ2v) is 13.0. The van der Waals surface area contributed by atoms with Gasteiger partial charge in [-0.3, -0.25) is 14.4 Å². The number of benzene rings is 2. The molecule has 43 heavy (non-hydrogen) atoms. The highest BCUT2D eigenvalue weighted by atomic mass is 127. The fraction of sp³-hybridized carbons (Fsp3) is 0.387. The maximum atomic E-state index is 13.8. The molecule has 2 aliphatic heterocycles. The first-order valence-electron chi connectivity index (χ1n) is 13.7. The van der Waals surface area contributed by atoms with Crippen molar-refractivity contribution in [3.8, 4) is 5.75 Å². The van der Waals surface area contributed by atoms with Gasteiger partial charge in [0.2, 0.25) is 17.7 Å². The van der Waals surface area contributed by atoms with Crippen LogP contribution in [0.25, 0.3) is 6.08 Å². The van der Waals surface area contributed by atoms with Crippen molar-refractivity contribution in [1.82, 2.24) is 10.2 Å². The van der Waals surface area contributed by atoms with Crippen LogP contribution in [0.3, 0.4) is 0 Å². The average Bonchev–Trinajstić information content (AvgIpc) is 3.59. The molecule has 228 valence electrons. The van der Waals surface area contributed by atoms with Crippen LogP contribution in [-0.2, 0) is 30.4 Å². The summed E-state index contributed by atoms with van der Waals surface area (Å²) in [7, 11) is 1.69. The van der Waals surface area contributed by atoms with Crippen molar-refractivity contribution in [2.75, 3.05) is 18.5 Å². The Kier molecular flexibility index (Phi) is 9.19. The van der Waals surface area contributed by atoms with Gasteiger partial charge in [0.15, 0.2) is 0 Å². The number of ether oxygens (including phenoxy) is 1. The highest BCUT2D eigenvalue weighted by molar-refractivity contribution is 14.1. The van der Waals surface area contributed by atoms with Crippen LogP contribution >= 0.6 is 22.6 Å². The lowest BCUT2D eigenvalue weighted by Gasteiger charge is -2.36. The summed E-state index contributed by atoms with van der Waals surface area (Å²) in [6.07, 6.45) is 3.56. The Labute approximate surface area is 263 Å². The smallest absolute Gasteiger partial charge is 0.360 e. The first kappa shape index (κ1) is 32.0. The van der Waals surface area contributed by atoms with E-state index in [0.29, 0.717) is 30.5 Å². The normalized spacial score (nSPS) is 18.1. The van der Waals surface area contributed by atoms with E-state index in [-0.39, 0.29) is 24.0 Å². The Morgan fingerprint density at radius 3 is 2.35 bits per heavy atom. The Hall–Kier alpha value is -3.94. The molecule has 2 aromatic rings. The van der Waals surface area contributed by atoms with Gasteiger partial charge in [0.1, 0.15) is 17.8 Å². The van der Waals surface area contributed by atoms with Crippen molar-refractivity contribution < 1.29 is 38.9 Å². The van der Waals surface area contributed by atoms with Crippen LogP contribution in [0.15, 0.2) is 48.5 Å². The molecule has 0 unspecified atom stereocenters. The minimum absolute atomic E-state index is 0.146. The summed E-state index contributed by atoms with van der Waals surface area (Å²) < 4.78 is 6.30. The van der Waals surface area contributed by atoms with Gasteiger partial charge >= 0.3 is 17.5 Å². The van der Waals surface area contributed by atoms with E-state index < -0.39 is 40.9 Å². The third-order valence-electron chi connectivity index (χ3n) is 7.69. The van der Waals surface area contributed by atoms with Crippen molar-refractivity contribution in [3.05, 3.63) is 63.2 Å². The Bertz CT molecular complexity index is 1470. The van der Waals surface area contributed by atoms with Crippen LogP contribution in [-0.4, -0.2) is 76.1 Å². The zero-order valence-electron chi connectivity index (χ0n) is 24.3. The van der Waals surface area contributed by atoms with E-state index in [1.54, 1.807) is 29.0 Å². The van der Waals surface area contributed by atoms with Crippen molar-refractivity contribution in [2.24, 2.45) is 5.41 Å². The van der Waals surface area contributed by atoms with Crippen molar-refractivity contribution in [2.45, 2.75) is 57.7 Å². The van der Waals surface area contributed by atoms with Crippen molar-refractivity contribution >= 4 is 64.0 Å². The summed E-state index contributed by atoms with van der Waals surface area (Å²) >= 11 is 2.19. The number of carboxylic acid groups (broad SMARTS) is 2. The van der Waals surface area contributed by atoms with Gasteiger partial charge in [0.25, 0.3) is 0 Å². The lowest BCUT2D eigenvalue weighted by molar-refractivity contribution is -0.170. The Balaban J connectivity index is 1.47. The fourth-order valence-corrected chi connectivity index (χ4v) is 5.60. The van der Waals surface area contributed by atoms with E-state index in [0.717, 1.165) is 9.26 Å². The summed E-state index contributed by atoms with van der Waals surface area (Å²) in [5, 5.41) is 21.7. The van der Waals surface area contributed by atoms with E-state index in [9.17, 15) is 34.2 Å². The number of likely N-dealkylation sites (tertiary alicyclic amines) is 1. The van der Waals surface area contributed by atoms with E-state index in [2.05, 4.69) is 27.9 Å². The number of anilines is 1. The molecule has 0 saturated carbocycles.